The van der Waals surface area contributed by atoms with Gasteiger partial charge in [-0.25, -0.2) is 4.79 Å². The van der Waals surface area contributed by atoms with Gasteiger partial charge in [0.25, 0.3) is 0 Å². The summed E-state index contributed by atoms with van der Waals surface area (Å²) in [5.74, 6) is 2.75. The lowest BCUT2D eigenvalue weighted by atomic mass is 10.1. The van der Waals surface area contributed by atoms with E-state index in [0.29, 0.717) is 6.54 Å². The molecule has 3 N–H and O–H groups in total. The van der Waals surface area contributed by atoms with Gasteiger partial charge in [-0.05, 0) is 38.3 Å². The van der Waals surface area contributed by atoms with E-state index in [-0.39, 0.29) is 6.03 Å². The fourth-order valence-corrected chi connectivity index (χ4v) is 1.70. The van der Waals surface area contributed by atoms with Crippen molar-refractivity contribution in [1.82, 2.24) is 10.6 Å². The third-order valence-corrected chi connectivity index (χ3v) is 2.70. The molecule has 0 saturated carbocycles. The number of para-hydroxylation sites is 1. The molecular formula is C15H21N3O. The standard InChI is InChI=1S/C15H21N3O/c1-4-9-16-10-6-11-17-15(19)18-14-12(2)7-5-8-13(14)3/h5,7-8,16H,6,10-11H2,1-3H3,(H2,17,18,19). The highest BCUT2D eigenvalue weighted by Crippen LogP contribution is 2.18. The van der Waals surface area contributed by atoms with E-state index in [4.69, 9.17) is 0 Å². The van der Waals surface area contributed by atoms with Gasteiger partial charge in [0.05, 0.1) is 0 Å². The summed E-state index contributed by atoms with van der Waals surface area (Å²) in [7, 11) is 0. The molecule has 1 rings (SSSR count). The summed E-state index contributed by atoms with van der Waals surface area (Å²) in [5.41, 5.74) is 3.01. The molecule has 0 aromatic heterocycles. The van der Waals surface area contributed by atoms with Crippen molar-refractivity contribution < 1.29 is 4.79 Å². The second-order valence-electron chi connectivity index (χ2n) is 4.30. The maximum absolute atomic E-state index is 11.7. The van der Waals surface area contributed by atoms with Gasteiger partial charge < -0.3 is 16.0 Å². The number of aryl methyl sites for hydroxylation is 2. The predicted molar refractivity (Wildman–Crippen MR) is 79.0 cm³/mol. The van der Waals surface area contributed by atoms with Crippen LogP contribution in [0.3, 0.4) is 0 Å². The van der Waals surface area contributed by atoms with Crippen LogP contribution in [0.25, 0.3) is 0 Å². The number of carbonyl (C=O) groups excluding carboxylic acids is 1. The van der Waals surface area contributed by atoms with Crippen molar-refractivity contribution in [3.8, 4) is 12.0 Å². The van der Waals surface area contributed by atoms with E-state index in [1.165, 1.54) is 0 Å². The van der Waals surface area contributed by atoms with E-state index in [9.17, 15) is 4.79 Å². The van der Waals surface area contributed by atoms with Crippen molar-refractivity contribution in [2.45, 2.75) is 27.2 Å². The summed E-state index contributed by atoms with van der Waals surface area (Å²) < 4.78 is 0. The van der Waals surface area contributed by atoms with Gasteiger partial charge in [-0.15, -0.1) is 0 Å². The lowest BCUT2D eigenvalue weighted by Gasteiger charge is -2.12. The van der Waals surface area contributed by atoms with Gasteiger partial charge in [0.1, 0.15) is 0 Å². The minimum atomic E-state index is -0.168. The van der Waals surface area contributed by atoms with Crippen LogP contribution >= 0.6 is 0 Å². The van der Waals surface area contributed by atoms with Gasteiger partial charge >= 0.3 is 6.03 Å². The van der Waals surface area contributed by atoms with Crippen LogP contribution in [0.5, 0.6) is 0 Å². The fourth-order valence-electron chi connectivity index (χ4n) is 1.70. The molecule has 0 unspecified atom stereocenters. The molecule has 4 heteroatoms. The van der Waals surface area contributed by atoms with E-state index < -0.39 is 0 Å². The Balaban J connectivity index is 2.33. The van der Waals surface area contributed by atoms with E-state index in [1.54, 1.807) is 6.92 Å². The Hall–Kier alpha value is -2.15. The monoisotopic (exact) mass is 259 g/mol. The Labute approximate surface area is 115 Å². The second kappa shape index (κ2) is 8.04. The van der Waals surface area contributed by atoms with Gasteiger partial charge in [-0.3, -0.25) is 0 Å². The van der Waals surface area contributed by atoms with Crippen molar-refractivity contribution in [2.75, 3.05) is 18.4 Å². The van der Waals surface area contributed by atoms with Crippen LogP contribution < -0.4 is 16.0 Å². The van der Waals surface area contributed by atoms with Crippen molar-refractivity contribution in [3.05, 3.63) is 29.3 Å². The van der Waals surface area contributed by atoms with Crippen molar-refractivity contribution >= 4 is 11.7 Å². The molecule has 0 aliphatic carbocycles. The van der Waals surface area contributed by atoms with Crippen LogP contribution in [-0.2, 0) is 0 Å². The zero-order chi connectivity index (χ0) is 14.1. The minimum Gasteiger partial charge on any atom is -0.346 e. The molecule has 0 saturated heterocycles. The molecule has 0 radical (unpaired) electrons. The smallest absolute Gasteiger partial charge is 0.319 e. The molecular weight excluding hydrogens is 238 g/mol. The number of hydrogen-bond donors (Lipinski definition) is 3. The lowest BCUT2D eigenvalue weighted by molar-refractivity contribution is 0.252. The van der Waals surface area contributed by atoms with E-state index in [0.717, 1.165) is 29.8 Å². The van der Waals surface area contributed by atoms with Crippen LogP contribution in [0.1, 0.15) is 24.5 Å². The van der Waals surface area contributed by atoms with Crippen molar-refractivity contribution in [1.29, 1.82) is 0 Å². The van der Waals surface area contributed by atoms with Crippen LogP contribution in [0.15, 0.2) is 18.2 Å². The van der Waals surface area contributed by atoms with Crippen LogP contribution in [0, 0.1) is 25.8 Å². The first-order valence-electron chi connectivity index (χ1n) is 6.41. The Morgan fingerprint density at radius 2 is 1.89 bits per heavy atom. The highest BCUT2D eigenvalue weighted by atomic mass is 16.2. The first-order chi connectivity index (χ1) is 9.15. The summed E-state index contributed by atoms with van der Waals surface area (Å²) >= 11 is 0. The molecule has 0 heterocycles. The maximum atomic E-state index is 11.7. The molecule has 102 valence electrons. The van der Waals surface area contributed by atoms with Crippen LogP contribution in [0.2, 0.25) is 0 Å². The van der Waals surface area contributed by atoms with Gasteiger partial charge in [0, 0.05) is 24.8 Å². The number of rotatable bonds is 5. The van der Waals surface area contributed by atoms with Gasteiger partial charge in [0.15, 0.2) is 0 Å². The number of carbonyl (C=O) groups is 1. The molecule has 2 amide bonds. The molecule has 0 bridgehead atoms. The summed E-state index contributed by atoms with van der Waals surface area (Å²) in [6.45, 7) is 7.13. The molecule has 0 aliphatic rings. The number of urea groups is 1. The fraction of sp³-hybridized carbons (Fsp3) is 0.400. The highest BCUT2D eigenvalue weighted by Gasteiger charge is 2.05. The average Bonchev–Trinajstić information content (AvgIpc) is 2.38. The molecule has 0 atom stereocenters. The van der Waals surface area contributed by atoms with Gasteiger partial charge in [0.2, 0.25) is 0 Å². The molecule has 0 aliphatic heterocycles. The van der Waals surface area contributed by atoms with E-state index >= 15 is 0 Å². The topological polar surface area (TPSA) is 53.2 Å². The number of nitrogens with one attached hydrogen (secondary N) is 3. The van der Waals surface area contributed by atoms with Crippen LogP contribution in [0.4, 0.5) is 10.5 Å². The third-order valence-electron chi connectivity index (χ3n) is 2.70. The summed E-state index contributed by atoms with van der Waals surface area (Å²) in [4.78, 5) is 11.7. The maximum Gasteiger partial charge on any atom is 0.319 e. The Kier molecular flexibility index (Phi) is 6.31. The molecule has 0 fully saturated rings. The molecule has 0 spiro atoms. The molecule has 1 aromatic carbocycles. The highest BCUT2D eigenvalue weighted by molar-refractivity contribution is 5.90. The first kappa shape index (κ1) is 14.9. The predicted octanol–water partition coefficient (Wildman–Crippen LogP) is 2.39. The average molecular weight is 259 g/mol. The summed E-state index contributed by atoms with van der Waals surface area (Å²) in [6.07, 6.45) is 0.842. The largest absolute Gasteiger partial charge is 0.346 e. The Morgan fingerprint density at radius 3 is 2.53 bits per heavy atom. The van der Waals surface area contributed by atoms with Crippen LogP contribution in [-0.4, -0.2) is 19.1 Å². The van der Waals surface area contributed by atoms with Gasteiger partial charge in [-0.2, -0.15) is 0 Å². The lowest BCUT2D eigenvalue weighted by Crippen LogP contribution is -2.31. The van der Waals surface area contributed by atoms with Crippen molar-refractivity contribution in [3.63, 3.8) is 0 Å². The second-order valence-corrected chi connectivity index (χ2v) is 4.30. The van der Waals surface area contributed by atoms with Crippen molar-refractivity contribution in [2.24, 2.45) is 0 Å². The van der Waals surface area contributed by atoms with Gasteiger partial charge in [-0.1, -0.05) is 24.1 Å². The Bertz CT molecular complexity index is 466. The number of amides is 2. The number of benzene rings is 1. The normalized spacial score (nSPS) is 9.21. The SMILES string of the molecule is CC#CNCCCNC(=O)Nc1c(C)cccc1C. The third kappa shape index (κ3) is 5.35. The summed E-state index contributed by atoms with van der Waals surface area (Å²) in [6, 6.07) is 8.54. The summed E-state index contributed by atoms with van der Waals surface area (Å²) in [5, 5.41) is 8.65. The number of anilines is 1. The zero-order valence-corrected chi connectivity index (χ0v) is 11.8. The molecule has 4 nitrogen and oxygen atoms in total. The quantitative estimate of drug-likeness (QED) is 0.432. The number of hydrogen-bond acceptors (Lipinski definition) is 2. The minimum absolute atomic E-state index is 0.168. The first-order valence-corrected chi connectivity index (χ1v) is 6.41. The Morgan fingerprint density at radius 1 is 1.21 bits per heavy atom. The molecule has 1 aromatic rings. The van der Waals surface area contributed by atoms with E-state index in [2.05, 4.69) is 27.9 Å². The van der Waals surface area contributed by atoms with E-state index in [1.807, 2.05) is 32.0 Å². The zero-order valence-electron chi connectivity index (χ0n) is 11.8. The molecule has 19 heavy (non-hydrogen) atoms.